The molecule has 0 spiro atoms. The molecule has 6 aromatic carbocycles. The molecule has 9 rings (SSSR count). The van der Waals surface area contributed by atoms with Gasteiger partial charge in [-0.05, 0) is 94.0 Å². The van der Waals surface area contributed by atoms with Crippen LogP contribution in [-0.4, -0.2) is 15.0 Å². The van der Waals surface area contributed by atoms with E-state index < -0.39 is 0 Å². The van der Waals surface area contributed by atoms with Gasteiger partial charge in [-0.25, -0.2) is 9.97 Å². The fourth-order valence-electron chi connectivity index (χ4n) is 6.50. The molecule has 0 unspecified atom stereocenters. The number of aromatic nitrogens is 3. The number of nitrogens with zero attached hydrogens (tertiary/aromatic N) is 3. The summed E-state index contributed by atoms with van der Waals surface area (Å²) < 4.78 is 2.60. The van der Waals surface area contributed by atoms with Crippen LogP contribution in [0.15, 0.2) is 176 Å². The monoisotopic (exact) mass is 643 g/mol. The van der Waals surface area contributed by atoms with Gasteiger partial charge in [0.1, 0.15) is 0 Å². The number of fused-ring (bicyclic) bond motifs is 3. The third-order valence-electron chi connectivity index (χ3n) is 8.96. The van der Waals surface area contributed by atoms with Gasteiger partial charge in [-0.1, -0.05) is 103 Å². The first-order valence-corrected chi connectivity index (χ1v) is 17.1. The predicted octanol–water partition coefficient (Wildman–Crippen LogP) is 12.2. The summed E-state index contributed by atoms with van der Waals surface area (Å²) in [5.74, 6) is 0.682. The summed E-state index contributed by atoms with van der Waals surface area (Å²) in [5, 5.41) is 2.57. The second-order valence-electron chi connectivity index (χ2n) is 12.1. The van der Waals surface area contributed by atoms with E-state index in [1.54, 1.807) is 6.20 Å². The molecule has 49 heavy (non-hydrogen) atoms. The van der Waals surface area contributed by atoms with Crippen molar-refractivity contribution in [2.24, 2.45) is 0 Å². The Bertz CT molecular complexity index is 2540. The first-order valence-electron chi connectivity index (χ1n) is 16.3. The lowest BCUT2D eigenvalue weighted by Gasteiger charge is -2.14. The number of pyridine rings is 1. The van der Waals surface area contributed by atoms with Gasteiger partial charge in [0.05, 0.1) is 11.4 Å². The van der Waals surface area contributed by atoms with Crippen molar-refractivity contribution in [3.8, 4) is 67.3 Å². The van der Waals surface area contributed by atoms with Crippen molar-refractivity contribution in [1.29, 1.82) is 0 Å². The summed E-state index contributed by atoms with van der Waals surface area (Å²) in [5.41, 5.74) is 11.6. The molecule has 0 N–H and O–H groups in total. The van der Waals surface area contributed by atoms with Crippen molar-refractivity contribution in [3.63, 3.8) is 0 Å². The highest BCUT2D eigenvalue weighted by molar-refractivity contribution is 7.25. The number of benzene rings is 6. The molecule has 0 fully saturated rings. The van der Waals surface area contributed by atoms with Gasteiger partial charge >= 0.3 is 0 Å². The standard InChI is InChI=1S/C45H29N3S/c1-3-11-30(12-4-1)32-15-9-16-33(23-32)36-24-37(34-20-21-44-40(27-34)39-18-7-8-19-43(39)49-44)26-38(25-36)42-28-41(35-17-10-22-46-29-35)47-45(48-42)31-13-5-2-6-14-31/h1-29H. The molecule has 0 aliphatic carbocycles. The Hall–Kier alpha value is -6.23. The lowest BCUT2D eigenvalue weighted by Crippen LogP contribution is -1.96. The highest BCUT2D eigenvalue weighted by Gasteiger charge is 2.15. The maximum absolute atomic E-state index is 5.19. The normalized spacial score (nSPS) is 11.3. The minimum absolute atomic E-state index is 0.682. The van der Waals surface area contributed by atoms with Crippen LogP contribution in [0.1, 0.15) is 0 Å². The first kappa shape index (κ1) is 29.0. The van der Waals surface area contributed by atoms with E-state index in [0.717, 1.165) is 44.8 Å². The van der Waals surface area contributed by atoms with Crippen molar-refractivity contribution in [2.45, 2.75) is 0 Å². The minimum Gasteiger partial charge on any atom is -0.264 e. The molecule has 0 aliphatic rings. The van der Waals surface area contributed by atoms with E-state index in [-0.39, 0.29) is 0 Å². The van der Waals surface area contributed by atoms with Crippen LogP contribution in [-0.2, 0) is 0 Å². The summed E-state index contributed by atoms with van der Waals surface area (Å²) in [4.78, 5) is 14.6. The van der Waals surface area contributed by atoms with Crippen molar-refractivity contribution in [1.82, 2.24) is 15.0 Å². The molecular formula is C45H29N3S. The number of hydrogen-bond donors (Lipinski definition) is 0. The van der Waals surface area contributed by atoms with Crippen LogP contribution in [0.4, 0.5) is 0 Å². The van der Waals surface area contributed by atoms with E-state index in [9.17, 15) is 0 Å². The van der Waals surface area contributed by atoms with E-state index in [4.69, 9.17) is 9.97 Å². The molecule has 0 radical (unpaired) electrons. The van der Waals surface area contributed by atoms with Gasteiger partial charge < -0.3 is 0 Å². The maximum Gasteiger partial charge on any atom is 0.160 e. The highest BCUT2D eigenvalue weighted by Crippen LogP contribution is 2.39. The van der Waals surface area contributed by atoms with Crippen molar-refractivity contribution in [2.75, 3.05) is 0 Å². The molecule has 9 aromatic rings. The summed E-state index contributed by atoms with van der Waals surface area (Å²) >= 11 is 1.84. The SMILES string of the molecule is c1ccc(-c2cccc(-c3cc(-c4ccc5sc6ccccc6c5c4)cc(-c4cc(-c5cccnc5)nc(-c5ccccc5)n4)c3)c2)cc1. The Labute approximate surface area is 288 Å². The van der Waals surface area contributed by atoms with Gasteiger partial charge in [0.25, 0.3) is 0 Å². The third-order valence-corrected chi connectivity index (χ3v) is 10.1. The molecule has 230 valence electrons. The number of hydrogen-bond acceptors (Lipinski definition) is 4. The molecule has 0 saturated heterocycles. The molecule has 4 heteroatoms. The second-order valence-corrected chi connectivity index (χ2v) is 13.2. The van der Waals surface area contributed by atoms with Crippen LogP contribution in [0.5, 0.6) is 0 Å². The Kier molecular flexibility index (Phi) is 7.34. The molecule has 0 bridgehead atoms. The van der Waals surface area contributed by atoms with E-state index in [0.29, 0.717) is 5.82 Å². The van der Waals surface area contributed by atoms with Crippen LogP contribution in [0.25, 0.3) is 87.5 Å². The number of thiophene rings is 1. The van der Waals surface area contributed by atoms with Gasteiger partial charge in [0, 0.05) is 49.3 Å². The molecular weight excluding hydrogens is 615 g/mol. The molecule has 0 aliphatic heterocycles. The Morgan fingerprint density at radius 1 is 0.347 bits per heavy atom. The van der Waals surface area contributed by atoms with Crippen LogP contribution >= 0.6 is 11.3 Å². The molecule has 0 amide bonds. The zero-order valence-electron chi connectivity index (χ0n) is 26.5. The summed E-state index contributed by atoms with van der Waals surface area (Å²) in [6.07, 6.45) is 3.65. The fraction of sp³-hybridized carbons (Fsp3) is 0. The van der Waals surface area contributed by atoms with E-state index in [2.05, 4.69) is 138 Å². The molecule has 3 heterocycles. The topological polar surface area (TPSA) is 38.7 Å². The predicted molar refractivity (Wildman–Crippen MR) is 205 cm³/mol. The smallest absolute Gasteiger partial charge is 0.160 e. The van der Waals surface area contributed by atoms with Gasteiger partial charge in [-0.15, -0.1) is 11.3 Å². The van der Waals surface area contributed by atoms with Gasteiger partial charge in [0.2, 0.25) is 0 Å². The minimum atomic E-state index is 0.682. The summed E-state index contributed by atoms with van der Waals surface area (Å²) in [7, 11) is 0. The zero-order chi connectivity index (χ0) is 32.6. The Morgan fingerprint density at radius 2 is 0.918 bits per heavy atom. The molecule has 3 nitrogen and oxygen atoms in total. The Morgan fingerprint density at radius 3 is 1.67 bits per heavy atom. The zero-order valence-corrected chi connectivity index (χ0v) is 27.3. The third kappa shape index (κ3) is 5.69. The lowest BCUT2D eigenvalue weighted by molar-refractivity contribution is 1.18. The van der Waals surface area contributed by atoms with Crippen LogP contribution in [0, 0.1) is 0 Å². The fourth-order valence-corrected chi connectivity index (χ4v) is 7.58. The van der Waals surface area contributed by atoms with Gasteiger partial charge in [-0.2, -0.15) is 0 Å². The van der Waals surface area contributed by atoms with Crippen molar-refractivity contribution >= 4 is 31.5 Å². The van der Waals surface area contributed by atoms with E-state index in [1.165, 1.54) is 36.9 Å². The summed E-state index contributed by atoms with van der Waals surface area (Å²) in [6.45, 7) is 0. The molecule has 3 aromatic heterocycles. The van der Waals surface area contributed by atoms with E-state index >= 15 is 0 Å². The second kappa shape index (κ2) is 12.4. The quantitative estimate of drug-likeness (QED) is 0.181. The van der Waals surface area contributed by atoms with E-state index in [1.807, 2.05) is 47.9 Å². The van der Waals surface area contributed by atoms with Crippen LogP contribution in [0.3, 0.4) is 0 Å². The highest BCUT2D eigenvalue weighted by atomic mass is 32.1. The van der Waals surface area contributed by atoms with Gasteiger partial charge in [0.15, 0.2) is 5.82 Å². The molecule has 0 atom stereocenters. The van der Waals surface area contributed by atoms with Crippen LogP contribution < -0.4 is 0 Å². The van der Waals surface area contributed by atoms with Crippen LogP contribution in [0.2, 0.25) is 0 Å². The number of rotatable bonds is 6. The van der Waals surface area contributed by atoms with Crippen molar-refractivity contribution < 1.29 is 0 Å². The molecule has 0 saturated carbocycles. The lowest BCUT2D eigenvalue weighted by atomic mass is 9.92. The summed E-state index contributed by atoms with van der Waals surface area (Å²) in [6, 6.07) is 58.0. The average Bonchev–Trinajstić information content (AvgIpc) is 3.57. The first-order chi connectivity index (χ1) is 24.2. The average molecular weight is 644 g/mol. The van der Waals surface area contributed by atoms with Crippen molar-refractivity contribution in [3.05, 3.63) is 176 Å². The van der Waals surface area contributed by atoms with Gasteiger partial charge in [-0.3, -0.25) is 4.98 Å². The Balaban J connectivity index is 1.27. The maximum atomic E-state index is 5.19. The largest absolute Gasteiger partial charge is 0.264 e.